The van der Waals surface area contributed by atoms with Gasteiger partial charge in [-0.1, -0.05) is 48.0 Å². The standard InChI is InChI=1S/C17H13ClN2/c1-10-4-2-5-11-8-9-14(19)16-12(17(20)15(10)11)6-3-7-13(16)18/h2-9,19-20H,1H3. The number of halogens is 1. The van der Waals surface area contributed by atoms with Gasteiger partial charge in [-0.3, -0.25) is 5.41 Å². The second kappa shape index (κ2) is 4.73. The van der Waals surface area contributed by atoms with E-state index in [2.05, 4.69) is 0 Å². The normalized spacial score (nSPS) is 10.9. The van der Waals surface area contributed by atoms with Gasteiger partial charge in [0.25, 0.3) is 0 Å². The molecule has 0 aliphatic rings. The molecule has 3 rings (SSSR count). The lowest BCUT2D eigenvalue weighted by Gasteiger charge is -2.03. The highest BCUT2D eigenvalue weighted by Crippen LogP contribution is 2.19. The van der Waals surface area contributed by atoms with E-state index in [0.29, 0.717) is 26.5 Å². The Morgan fingerprint density at radius 2 is 1.60 bits per heavy atom. The van der Waals surface area contributed by atoms with Crippen LogP contribution in [-0.4, -0.2) is 0 Å². The van der Waals surface area contributed by atoms with Gasteiger partial charge < -0.3 is 5.41 Å². The lowest BCUT2D eigenvalue weighted by atomic mass is 10.0. The number of rotatable bonds is 0. The van der Waals surface area contributed by atoms with Crippen molar-refractivity contribution in [1.82, 2.24) is 0 Å². The first kappa shape index (κ1) is 12.8. The Hall–Kier alpha value is -2.19. The molecule has 0 aromatic heterocycles. The molecule has 0 atom stereocenters. The second-order valence-corrected chi connectivity index (χ2v) is 5.23. The molecule has 0 heterocycles. The Labute approximate surface area is 121 Å². The quantitative estimate of drug-likeness (QED) is 0.627. The summed E-state index contributed by atoms with van der Waals surface area (Å²) in [6, 6.07) is 15.0. The van der Waals surface area contributed by atoms with Crippen LogP contribution in [0.15, 0.2) is 48.5 Å². The van der Waals surface area contributed by atoms with Crippen molar-refractivity contribution in [2.45, 2.75) is 6.92 Å². The van der Waals surface area contributed by atoms with E-state index in [1.807, 2.05) is 43.3 Å². The number of benzene rings is 2. The molecule has 3 aromatic rings. The first-order valence-corrected chi connectivity index (χ1v) is 6.72. The van der Waals surface area contributed by atoms with Crippen molar-refractivity contribution >= 4 is 33.1 Å². The van der Waals surface area contributed by atoms with Gasteiger partial charge in [-0.25, -0.2) is 0 Å². The Morgan fingerprint density at radius 1 is 0.850 bits per heavy atom. The molecule has 0 spiro atoms. The van der Waals surface area contributed by atoms with Crippen LogP contribution in [0.25, 0.3) is 21.5 Å². The second-order valence-electron chi connectivity index (χ2n) is 4.82. The first-order chi connectivity index (χ1) is 9.59. The zero-order valence-corrected chi connectivity index (χ0v) is 11.8. The van der Waals surface area contributed by atoms with Crippen LogP contribution in [0.2, 0.25) is 5.02 Å². The summed E-state index contributed by atoms with van der Waals surface area (Å²) in [4.78, 5) is 0. The van der Waals surface area contributed by atoms with Crippen molar-refractivity contribution in [3.05, 3.63) is 69.8 Å². The molecule has 98 valence electrons. The van der Waals surface area contributed by atoms with E-state index in [-0.39, 0.29) is 0 Å². The Morgan fingerprint density at radius 3 is 2.40 bits per heavy atom. The highest BCUT2D eigenvalue weighted by molar-refractivity contribution is 6.35. The molecule has 0 aliphatic heterocycles. The number of fused-ring (bicyclic) bond motifs is 2. The van der Waals surface area contributed by atoms with Crippen molar-refractivity contribution < 1.29 is 0 Å². The van der Waals surface area contributed by atoms with Gasteiger partial charge in [-0.05, 0) is 30.0 Å². The van der Waals surface area contributed by atoms with Crippen LogP contribution in [0.4, 0.5) is 0 Å². The molecule has 0 amide bonds. The van der Waals surface area contributed by atoms with E-state index in [1.165, 1.54) is 0 Å². The molecule has 2 nitrogen and oxygen atoms in total. The lowest BCUT2D eigenvalue weighted by molar-refractivity contribution is 1.29. The van der Waals surface area contributed by atoms with E-state index < -0.39 is 0 Å². The van der Waals surface area contributed by atoms with Gasteiger partial charge in [-0.2, -0.15) is 0 Å². The summed E-state index contributed by atoms with van der Waals surface area (Å²) in [6.45, 7) is 2.00. The molecule has 2 N–H and O–H groups in total. The van der Waals surface area contributed by atoms with Crippen LogP contribution in [-0.2, 0) is 0 Å². The SMILES string of the molecule is Cc1cccc2ccc(=N)c3c(Cl)cccc3c(=N)c12. The van der Waals surface area contributed by atoms with Gasteiger partial charge in [0.1, 0.15) is 0 Å². The van der Waals surface area contributed by atoms with Crippen molar-refractivity contribution in [3.63, 3.8) is 0 Å². The average Bonchev–Trinajstić information content (AvgIpc) is 2.42. The zero-order chi connectivity index (χ0) is 14.3. The van der Waals surface area contributed by atoms with Gasteiger partial charge >= 0.3 is 0 Å². The monoisotopic (exact) mass is 280 g/mol. The van der Waals surface area contributed by atoms with Crippen LogP contribution in [0.1, 0.15) is 5.56 Å². The first-order valence-electron chi connectivity index (χ1n) is 6.34. The summed E-state index contributed by atoms with van der Waals surface area (Å²) >= 11 is 6.22. The molecule has 3 heteroatoms. The Balaban J connectivity index is 2.77. The summed E-state index contributed by atoms with van der Waals surface area (Å²) in [5, 5.41) is 21.2. The highest BCUT2D eigenvalue weighted by atomic mass is 35.5. The molecule has 20 heavy (non-hydrogen) atoms. The van der Waals surface area contributed by atoms with Gasteiger partial charge in [-0.15, -0.1) is 0 Å². The fourth-order valence-corrected chi connectivity index (χ4v) is 2.84. The predicted molar refractivity (Wildman–Crippen MR) is 82.9 cm³/mol. The van der Waals surface area contributed by atoms with E-state index in [1.54, 1.807) is 12.1 Å². The maximum atomic E-state index is 8.53. The molecule has 0 unspecified atom stereocenters. The van der Waals surface area contributed by atoms with Crippen LogP contribution in [0.3, 0.4) is 0 Å². The minimum absolute atomic E-state index is 0.336. The lowest BCUT2D eigenvalue weighted by Crippen LogP contribution is -2.08. The molecule has 0 bridgehead atoms. The Bertz CT molecular complexity index is 962. The largest absolute Gasteiger partial charge is 0.300 e. The molecule has 3 aromatic carbocycles. The highest BCUT2D eigenvalue weighted by Gasteiger charge is 2.04. The van der Waals surface area contributed by atoms with Gasteiger partial charge in [0, 0.05) is 16.2 Å². The topological polar surface area (TPSA) is 47.7 Å². The molecular formula is C17H13ClN2. The molecular weight excluding hydrogens is 268 g/mol. The summed E-state index contributed by atoms with van der Waals surface area (Å²) in [7, 11) is 0. The summed E-state index contributed by atoms with van der Waals surface area (Å²) in [5.41, 5.74) is 1.05. The summed E-state index contributed by atoms with van der Waals surface area (Å²) in [6.07, 6.45) is 0. The molecule has 0 saturated heterocycles. The van der Waals surface area contributed by atoms with Crippen molar-refractivity contribution in [1.29, 1.82) is 10.8 Å². The molecule has 0 saturated carbocycles. The van der Waals surface area contributed by atoms with Crippen molar-refractivity contribution in [2.24, 2.45) is 0 Å². The third-order valence-corrected chi connectivity index (χ3v) is 3.85. The van der Waals surface area contributed by atoms with Crippen LogP contribution >= 0.6 is 11.6 Å². The van der Waals surface area contributed by atoms with E-state index in [9.17, 15) is 0 Å². The number of hydrogen-bond acceptors (Lipinski definition) is 2. The number of nitrogens with one attached hydrogen (secondary N) is 2. The van der Waals surface area contributed by atoms with Gasteiger partial charge in [0.2, 0.25) is 0 Å². The van der Waals surface area contributed by atoms with Gasteiger partial charge in [0.05, 0.1) is 15.7 Å². The number of hydrogen-bond donors (Lipinski definition) is 2. The van der Waals surface area contributed by atoms with Crippen LogP contribution < -0.4 is 10.7 Å². The molecule has 0 fully saturated rings. The minimum Gasteiger partial charge on any atom is -0.300 e. The fraction of sp³-hybridized carbons (Fsp3) is 0.0588. The smallest absolute Gasteiger partial charge is 0.0700 e. The van der Waals surface area contributed by atoms with E-state index >= 15 is 0 Å². The van der Waals surface area contributed by atoms with Crippen LogP contribution in [0.5, 0.6) is 0 Å². The fourth-order valence-electron chi connectivity index (χ4n) is 2.57. The molecule has 0 radical (unpaired) electrons. The zero-order valence-electron chi connectivity index (χ0n) is 11.0. The minimum atomic E-state index is 0.336. The van der Waals surface area contributed by atoms with Crippen molar-refractivity contribution in [3.8, 4) is 0 Å². The van der Waals surface area contributed by atoms with Gasteiger partial charge in [0.15, 0.2) is 0 Å². The average molecular weight is 281 g/mol. The summed E-state index contributed by atoms with van der Waals surface area (Å²) in [5.74, 6) is 0. The third-order valence-electron chi connectivity index (χ3n) is 3.54. The Kier molecular flexibility index (Phi) is 3.03. The van der Waals surface area contributed by atoms with Crippen molar-refractivity contribution in [2.75, 3.05) is 0 Å². The van der Waals surface area contributed by atoms with E-state index in [4.69, 9.17) is 22.4 Å². The number of aryl methyl sites for hydroxylation is 1. The van der Waals surface area contributed by atoms with Crippen LogP contribution in [0, 0.1) is 17.7 Å². The molecule has 0 aliphatic carbocycles. The predicted octanol–water partition coefficient (Wildman–Crippen LogP) is 3.91. The maximum Gasteiger partial charge on any atom is 0.0700 e. The third kappa shape index (κ3) is 1.89. The summed E-state index contributed by atoms with van der Waals surface area (Å²) < 4.78 is 0. The maximum absolute atomic E-state index is 8.53. The van der Waals surface area contributed by atoms with E-state index in [0.717, 1.165) is 16.3 Å².